The van der Waals surface area contributed by atoms with Crippen molar-refractivity contribution in [3.05, 3.63) is 23.8 Å². The number of hydrogen-bond acceptors (Lipinski definition) is 2. The van der Waals surface area contributed by atoms with Crippen molar-refractivity contribution in [3.63, 3.8) is 0 Å². The van der Waals surface area contributed by atoms with Crippen molar-refractivity contribution >= 4 is 0 Å². The summed E-state index contributed by atoms with van der Waals surface area (Å²) in [4.78, 5) is 8.79. The van der Waals surface area contributed by atoms with Crippen LogP contribution in [-0.4, -0.2) is 9.97 Å². The zero-order valence-electron chi connectivity index (χ0n) is 8.00. The van der Waals surface area contributed by atoms with Crippen molar-refractivity contribution in [2.75, 3.05) is 0 Å². The van der Waals surface area contributed by atoms with E-state index in [0.29, 0.717) is 0 Å². The Bertz CT molecular complexity index is 247. The third kappa shape index (κ3) is 2.51. The average molecular weight is 176 g/mol. The van der Waals surface area contributed by atoms with Crippen LogP contribution in [0.2, 0.25) is 0 Å². The molecule has 0 radical (unpaired) electrons. The quantitative estimate of drug-likeness (QED) is 0.607. The van der Waals surface area contributed by atoms with Gasteiger partial charge in [-0.2, -0.15) is 0 Å². The molecular formula is C11H16N2. The van der Waals surface area contributed by atoms with Gasteiger partial charge in [0.1, 0.15) is 5.82 Å². The molecule has 0 spiro atoms. The van der Waals surface area contributed by atoms with Crippen molar-refractivity contribution < 1.29 is 0 Å². The first-order valence-electron chi connectivity index (χ1n) is 5.26. The van der Waals surface area contributed by atoms with Crippen molar-refractivity contribution in [1.82, 2.24) is 9.97 Å². The van der Waals surface area contributed by atoms with Gasteiger partial charge >= 0.3 is 0 Å². The lowest BCUT2D eigenvalue weighted by atomic mass is 10.1. The fourth-order valence-corrected chi connectivity index (χ4v) is 1.82. The van der Waals surface area contributed by atoms with Crippen LogP contribution in [0.5, 0.6) is 0 Å². The summed E-state index contributed by atoms with van der Waals surface area (Å²) in [6, 6.07) is 2.05. The van der Waals surface area contributed by atoms with Gasteiger partial charge in [0.15, 0.2) is 0 Å². The predicted octanol–water partition coefficient (Wildman–Crippen LogP) is 2.53. The second-order valence-corrected chi connectivity index (χ2v) is 3.73. The highest BCUT2D eigenvalue weighted by Crippen LogP contribution is 2.11. The summed E-state index contributed by atoms with van der Waals surface area (Å²) in [6.45, 7) is 0. The highest BCUT2D eigenvalue weighted by atomic mass is 14.9. The number of aromatic nitrogens is 2. The van der Waals surface area contributed by atoms with E-state index < -0.39 is 0 Å². The van der Waals surface area contributed by atoms with E-state index in [-0.39, 0.29) is 0 Å². The summed E-state index contributed by atoms with van der Waals surface area (Å²) in [6.07, 6.45) is 10.7. The Balaban J connectivity index is 2.13. The van der Waals surface area contributed by atoms with Gasteiger partial charge in [0.2, 0.25) is 0 Å². The van der Waals surface area contributed by atoms with Crippen LogP contribution in [0.15, 0.2) is 12.3 Å². The standard InChI is InChI=1S/C11H16N2/c1-2-4-6-10-8-9-12-11(13-10)7-5-3-1/h8-9H,1-7H2. The third-order valence-corrected chi connectivity index (χ3v) is 2.60. The van der Waals surface area contributed by atoms with Crippen LogP contribution in [0.4, 0.5) is 0 Å². The summed E-state index contributed by atoms with van der Waals surface area (Å²) < 4.78 is 0. The minimum Gasteiger partial charge on any atom is -0.241 e. The highest BCUT2D eigenvalue weighted by Gasteiger charge is 2.02. The molecule has 2 bridgehead atoms. The van der Waals surface area contributed by atoms with Gasteiger partial charge < -0.3 is 0 Å². The zero-order chi connectivity index (χ0) is 8.93. The lowest BCUT2D eigenvalue weighted by Gasteiger charge is -2.07. The van der Waals surface area contributed by atoms with E-state index in [2.05, 4.69) is 9.97 Å². The molecule has 0 amide bonds. The summed E-state index contributed by atoms with van der Waals surface area (Å²) >= 11 is 0. The van der Waals surface area contributed by atoms with Gasteiger partial charge in [0, 0.05) is 18.3 Å². The summed E-state index contributed by atoms with van der Waals surface area (Å²) in [5.41, 5.74) is 1.23. The largest absolute Gasteiger partial charge is 0.241 e. The Labute approximate surface area is 79.4 Å². The first-order chi connectivity index (χ1) is 6.45. The van der Waals surface area contributed by atoms with Gasteiger partial charge in [-0.3, -0.25) is 0 Å². The van der Waals surface area contributed by atoms with Gasteiger partial charge in [0.25, 0.3) is 0 Å². The Kier molecular flexibility index (Phi) is 2.90. The maximum atomic E-state index is 4.52. The van der Waals surface area contributed by atoms with Crippen LogP contribution in [0.25, 0.3) is 0 Å². The second kappa shape index (κ2) is 4.35. The molecule has 0 saturated carbocycles. The Morgan fingerprint density at radius 2 is 1.69 bits per heavy atom. The van der Waals surface area contributed by atoms with Crippen molar-refractivity contribution in [1.29, 1.82) is 0 Å². The molecule has 1 aliphatic heterocycles. The van der Waals surface area contributed by atoms with Crippen LogP contribution in [0.3, 0.4) is 0 Å². The fraction of sp³-hybridized carbons (Fsp3) is 0.636. The van der Waals surface area contributed by atoms with Crippen molar-refractivity contribution in [2.24, 2.45) is 0 Å². The normalized spacial score (nSPS) is 18.2. The van der Waals surface area contributed by atoms with Crippen LogP contribution in [-0.2, 0) is 12.8 Å². The molecular weight excluding hydrogens is 160 g/mol. The maximum Gasteiger partial charge on any atom is 0.128 e. The maximum absolute atomic E-state index is 4.52. The first-order valence-corrected chi connectivity index (χ1v) is 5.26. The summed E-state index contributed by atoms with van der Waals surface area (Å²) in [5.74, 6) is 1.04. The molecule has 1 aromatic heterocycles. The molecule has 0 N–H and O–H groups in total. The average Bonchev–Trinajstić information content (AvgIpc) is 2.17. The van der Waals surface area contributed by atoms with Crippen molar-refractivity contribution in [2.45, 2.75) is 44.9 Å². The smallest absolute Gasteiger partial charge is 0.128 e. The van der Waals surface area contributed by atoms with E-state index in [4.69, 9.17) is 0 Å². The number of hydrogen-bond donors (Lipinski definition) is 0. The molecule has 2 heterocycles. The molecule has 1 aliphatic rings. The molecule has 0 atom stereocenters. The molecule has 0 aromatic carbocycles. The van der Waals surface area contributed by atoms with E-state index in [9.17, 15) is 0 Å². The molecule has 13 heavy (non-hydrogen) atoms. The van der Waals surface area contributed by atoms with Gasteiger partial charge in [0.05, 0.1) is 0 Å². The third-order valence-electron chi connectivity index (χ3n) is 2.60. The Hall–Kier alpha value is -0.920. The first kappa shape index (κ1) is 8.67. The van der Waals surface area contributed by atoms with Crippen LogP contribution < -0.4 is 0 Å². The number of rotatable bonds is 0. The van der Waals surface area contributed by atoms with Crippen molar-refractivity contribution in [3.8, 4) is 0 Å². The summed E-state index contributed by atoms with van der Waals surface area (Å²) in [7, 11) is 0. The summed E-state index contributed by atoms with van der Waals surface area (Å²) in [5, 5.41) is 0. The molecule has 0 unspecified atom stereocenters. The fourth-order valence-electron chi connectivity index (χ4n) is 1.82. The Morgan fingerprint density at radius 1 is 0.923 bits per heavy atom. The SMILES string of the molecule is c1cc2nc(n1)CCCCCCC2. The topological polar surface area (TPSA) is 25.8 Å². The van der Waals surface area contributed by atoms with Crippen LogP contribution >= 0.6 is 0 Å². The minimum absolute atomic E-state index is 1.04. The van der Waals surface area contributed by atoms with E-state index in [0.717, 1.165) is 18.7 Å². The van der Waals surface area contributed by atoms with Crippen LogP contribution in [0, 0.1) is 0 Å². The molecule has 0 fully saturated rings. The number of aryl methyl sites for hydroxylation is 2. The van der Waals surface area contributed by atoms with Gasteiger partial charge in [-0.05, 0) is 25.3 Å². The molecule has 0 saturated heterocycles. The van der Waals surface area contributed by atoms with Gasteiger partial charge in [-0.1, -0.05) is 19.3 Å². The van der Waals surface area contributed by atoms with Crippen LogP contribution in [0.1, 0.15) is 43.6 Å². The van der Waals surface area contributed by atoms with E-state index in [1.54, 1.807) is 0 Å². The monoisotopic (exact) mass is 176 g/mol. The minimum atomic E-state index is 1.04. The van der Waals surface area contributed by atoms with E-state index >= 15 is 0 Å². The molecule has 70 valence electrons. The zero-order valence-corrected chi connectivity index (χ0v) is 8.00. The predicted molar refractivity (Wildman–Crippen MR) is 52.5 cm³/mol. The molecule has 1 aromatic rings. The highest BCUT2D eigenvalue weighted by molar-refractivity contribution is 5.02. The van der Waals surface area contributed by atoms with E-state index in [1.165, 1.54) is 37.8 Å². The lowest BCUT2D eigenvalue weighted by Crippen LogP contribution is -2.01. The van der Waals surface area contributed by atoms with E-state index in [1.807, 2.05) is 12.3 Å². The molecule has 2 nitrogen and oxygen atoms in total. The molecule has 2 rings (SSSR count). The molecule has 0 aliphatic carbocycles. The Morgan fingerprint density at radius 3 is 2.62 bits per heavy atom. The number of fused-ring (bicyclic) bond motifs is 2. The lowest BCUT2D eigenvalue weighted by molar-refractivity contribution is 0.588. The van der Waals surface area contributed by atoms with Gasteiger partial charge in [-0.25, -0.2) is 9.97 Å². The second-order valence-electron chi connectivity index (χ2n) is 3.73. The number of nitrogens with zero attached hydrogens (tertiary/aromatic N) is 2. The van der Waals surface area contributed by atoms with Gasteiger partial charge in [-0.15, -0.1) is 0 Å². The molecule has 2 heteroatoms.